The number of esters is 1. The number of carbonyl (C=O) groups excluding carboxylic acids is 2. The Labute approximate surface area is 191 Å². The van der Waals surface area contributed by atoms with Crippen molar-refractivity contribution in [2.75, 3.05) is 7.11 Å². The zero-order valence-corrected chi connectivity index (χ0v) is 22.8. The summed E-state index contributed by atoms with van der Waals surface area (Å²) in [5.41, 5.74) is -1.12. The van der Waals surface area contributed by atoms with Gasteiger partial charge in [0.15, 0.2) is 0 Å². The topological polar surface area (TPSA) is 55.4 Å². The molecule has 4 nitrogen and oxygen atoms in total. The minimum absolute atomic E-state index is 0.106. The fourth-order valence-electron chi connectivity index (χ4n) is 3.94. The zero-order chi connectivity index (χ0) is 23.3. The van der Waals surface area contributed by atoms with Crippen molar-refractivity contribution in [3.05, 3.63) is 45.8 Å². The second-order valence-corrected chi connectivity index (χ2v) is 21.6. The van der Waals surface area contributed by atoms with Gasteiger partial charge in [0.2, 0.25) is 0 Å². The molecule has 0 heterocycles. The third-order valence-electron chi connectivity index (χ3n) is 5.97. The second kappa shape index (κ2) is 13.9. The summed E-state index contributed by atoms with van der Waals surface area (Å²) in [5, 5.41) is 2.74. The van der Waals surface area contributed by atoms with Crippen LogP contribution in [0.3, 0.4) is 0 Å². The Morgan fingerprint density at radius 2 is 1.48 bits per heavy atom. The Balaban J connectivity index is 3.37. The number of hydrogen-bond donors (Lipinski definition) is 1. The number of nitrogens with one attached hydrogen (secondary N) is 1. The van der Waals surface area contributed by atoms with Gasteiger partial charge in [0, 0.05) is 0 Å². The number of unbranched alkanes of at least 4 members (excludes halogenated alkanes) is 3. The van der Waals surface area contributed by atoms with Crippen LogP contribution in [0.5, 0.6) is 0 Å². The molecule has 1 unspecified atom stereocenters. The van der Waals surface area contributed by atoms with E-state index in [0.29, 0.717) is 5.56 Å². The maximum atomic E-state index is 16.1. The molecule has 0 spiro atoms. The van der Waals surface area contributed by atoms with Gasteiger partial charge >= 0.3 is 192 Å². The molecule has 0 saturated carbocycles. The SMILES string of the molecule is CCC[CH2][Sn]([CH2]CCC)([CH2]CCC)/[C](F)=C/C(C)(NC(=O)c1ccccc1)C(=O)OC. The standard InChI is InChI=1S/C13H13FNO3.3C4H9.Sn/c1-13(8-9-14,12(17)18-2)15-11(16)10-6-4-3-5-7-10;3*1-3-4-2;/h3-8H,1-2H3,(H,15,16);3*1,3-4H2,2H3;. The zero-order valence-electron chi connectivity index (χ0n) is 19.9. The molecule has 1 aromatic carbocycles. The Bertz CT molecular complexity index is 701. The molecule has 0 aromatic heterocycles. The van der Waals surface area contributed by atoms with Crippen LogP contribution in [0.2, 0.25) is 13.3 Å². The molecule has 0 aliphatic rings. The molecule has 0 radical (unpaired) electrons. The Morgan fingerprint density at radius 3 is 1.90 bits per heavy atom. The van der Waals surface area contributed by atoms with Crippen molar-refractivity contribution in [3.8, 4) is 0 Å². The van der Waals surface area contributed by atoms with Crippen LogP contribution in [0.25, 0.3) is 0 Å². The van der Waals surface area contributed by atoms with Crippen LogP contribution in [0.1, 0.15) is 76.6 Å². The van der Waals surface area contributed by atoms with Gasteiger partial charge in [-0.1, -0.05) is 0 Å². The molecule has 0 bridgehead atoms. The van der Waals surface area contributed by atoms with E-state index < -0.39 is 35.8 Å². The summed E-state index contributed by atoms with van der Waals surface area (Å²) in [6, 6.07) is 8.65. The number of hydrogen-bond acceptors (Lipinski definition) is 3. The van der Waals surface area contributed by atoms with Crippen LogP contribution in [-0.2, 0) is 9.53 Å². The normalized spacial score (nSPS) is 14.1. The molecule has 0 fully saturated rings. The Hall–Kier alpha value is -1.37. The van der Waals surface area contributed by atoms with Crippen molar-refractivity contribution in [2.24, 2.45) is 0 Å². The van der Waals surface area contributed by atoms with Crippen molar-refractivity contribution in [1.82, 2.24) is 5.32 Å². The van der Waals surface area contributed by atoms with Crippen LogP contribution in [0, 0.1) is 0 Å². The molecule has 174 valence electrons. The number of amides is 1. The third kappa shape index (κ3) is 8.24. The van der Waals surface area contributed by atoms with Crippen LogP contribution < -0.4 is 5.32 Å². The fourth-order valence-corrected chi connectivity index (χ4v) is 18.6. The van der Waals surface area contributed by atoms with Gasteiger partial charge in [-0.3, -0.25) is 0 Å². The molecule has 31 heavy (non-hydrogen) atoms. The predicted molar refractivity (Wildman–Crippen MR) is 128 cm³/mol. The molecule has 1 aromatic rings. The fraction of sp³-hybridized carbons (Fsp3) is 0.600. The molecule has 1 rings (SSSR count). The van der Waals surface area contributed by atoms with E-state index in [1.54, 1.807) is 24.3 Å². The van der Waals surface area contributed by atoms with E-state index >= 15 is 4.39 Å². The minimum atomic E-state index is -3.35. The van der Waals surface area contributed by atoms with E-state index in [4.69, 9.17) is 4.74 Å². The number of methoxy groups -OCH3 is 1. The predicted octanol–water partition coefficient (Wildman–Crippen LogP) is 6.59. The van der Waals surface area contributed by atoms with Crippen molar-refractivity contribution in [2.45, 2.75) is 85.1 Å². The molecular weight excluding hydrogens is 500 g/mol. The molecule has 1 amide bonds. The number of benzene rings is 1. The summed E-state index contributed by atoms with van der Waals surface area (Å²) >= 11 is -3.35. The van der Waals surface area contributed by atoms with Crippen LogP contribution in [0.15, 0.2) is 40.3 Å². The van der Waals surface area contributed by atoms with E-state index in [9.17, 15) is 9.59 Å². The van der Waals surface area contributed by atoms with Gasteiger partial charge in [0.05, 0.1) is 0 Å². The van der Waals surface area contributed by atoms with Gasteiger partial charge in [0.1, 0.15) is 0 Å². The van der Waals surface area contributed by atoms with Crippen LogP contribution >= 0.6 is 0 Å². The summed E-state index contributed by atoms with van der Waals surface area (Å²) in [4.78, 5) is 25.5. The summed E-state index contributed by atoms with van der Waals surface area (Å²) in [7, 11) is 1.27. The van der Waals surface area contributed by atoms with Crippen molar-refractivity contribution in [3.63, 3.8) is 0 Å². The first-order chi connectivity index (χ1) is 14.8. The Morgan fingerprint density at radius 1 is 1.00 bits per heavy atom. The molecular formula is C25H40FNO3Sn. The van der Waals surface area contributed by atoms with E-state index in [1.165, 1.54) is 20.1 Å². The van der Waals surface area contributed by atoms with Crippen molar-refractivity contribution < 1.29 is 18.7 Å². The van der Waals surface area contributed by atoms with E-state index in [-0.39, 0.29) is 3.84 Å². The number of rotatable bonds is 14. The van der Waals surface area contributed by atoms with E-state index in [2.05, 4.69) is 26.1 Å². The van der Waals surface area contributed by atoms with Gasteiger partial charge in [-0.2, -0.15) is 0 Å². The molecule has 6 heteroatoms. The quantitative estimate of drug-likeness (QED) is 0.214. The average Bonchev–Trinajstić information content (AvgIpc) is 2.78. The first-order valence-corrected chi connectivity index (χ1v) is 19.1. The molecule has 1 atom stereocenters. The van der Waals surface area contributed by atoms with Crippen molar-refractivity contribution >= 4 is 30.3 Å². The van der Waals surface area contributed by atoms with Crippen LogP contribution in [0.4, 0.5) is 4.39 Å². The first kappa shape index (κ1) is 27.7. The van der Waals surface area contributed by atoms with Crippen LogP contribution in [-0.4, -0.2) is 42.9 Å². The summed E-state index contributed by atoms with van der Waals surface area (Å²) in [6.07, 6.45) is 7.51. The first-order valence-electron chi connectivity index (χ1n) is 11.6. The van der Waals surface area contributed by atoms with E-state index in [0.717, 1.165) is 51.8 Å². The maximum absolute atomic E-state index is 16.1. The number of carbonyl (C=O) groups is 2. The van der Waals surface area contributed by atoms with E-state index in [1.807, 2.05) is 6.07 Å². The molecule has 0 aliphatic heterocycles. The van der Waals surface area contributed by atoms with Crippen molar-refractivity contribution in [1.29, 1.82) is 0 Å². The number of halogens is 1. The monoisotopic (exact) mass is 541 g/mol. The van der Waals surface area contributed by atoms with Gasteiger partial charge < -0.3 is 0 Å². The molecule has 0 saturated heterocycles. The number of ether oxygens (including phenoxy) is 1. The molecule has 0 aliphatic carbocycles. The van der Waals surface area contributed by atoms with Gasteiger partial charge in [-0.25, -0.2) is 0 Å². The Kier molecular flexibility index (Phi) is 12.4. The van der Waals surface area contributed by atoms with Gasteiger partial charge in [0.25, 0.3) is 0 Å². The average molecular weight is 540 g/mol. The summed E-state index contributed by atoms with van der Waals surface area (Å²) < 4.78 is 23.8. The molecule has 1 N–H and O–H groups in total. The summed E-state index contributed by atoms with van der Waals surface area (Å²) in [6.45, 7) is 7.94. The second-order valence-electron chi connectivity index (χ2n) is 8.60. The summed E-state index contributed by atoms with van der Waals surface area (Å²) in [5.74, 6) is -1.08. The van der Waals surface area contributed by atoms with Gasteiger partial charge in [-0.05, 0) is 0 Å². The third-order valence-corrected chi connectivity index (χ3v) is 20.5. The van der Waals surface area contributed by atoms with Gasteiger partial charge in [-0.15, -0.1) is 0 Å².